The molecule has 1 aromatic rings. The van der Waals surface area contributed by atoms with Gasteiger partial charge in [-0.2, -0.15) is 0 Å². The topological polar surface area (TPSA) is 66.3 Å². The number of anilines is 1. The van der Waals surface area contributed by atoms with E-state index in [0.717, 1.165) is 37.2 Å². The van der Waals surface area contributed by atoms with Crippen molar-refractivity contribution >= 4 is 11.9 Å². The van der Waals surface area contributed by atoms with Crippen LogP contribution in [0.3, 0.4) is 0 Å². The fraction of sp³-hybridized carbons (Fsp3) is 0.643. The molecule has 0 aromatic carbocycles. The highest BCUT2D eigenvalue weighted by atomic mass is 16.4. The molecule has 1 atom stereocenters. The maximum atomic E-state index is 11.3. The average molecular weight is 261 g/mol. The van der Waals surface area contributed by atoms with Crippen LogP contribution < -0.4 is 4.90 Å². The molecule has 2 aliphatic rings. The summed E-state index contributed by atoms with van der Waals surface area (Å²) in [6, 6.07) is -0.457. The molecule has 1 fully saturated rings. The number of rotatable bonds is 2. The van der Waals surface area contributed by atoms with Crippen molar-refractivity contribution in [1.29, 1.82) is 0 Å². The first kappa shape index (κ1) is 12.4. The minimum atomic E-state index is -0.767. The second-order valence-corrected chi connectivity index (χ2v) is 5.43. The van der Waals surface area contributed by atoms with E-state index in [0.29, 0.717) is 12.4 Å². The van der Waals surface area contributed by atoms with Crippen LogP contribution in [0.15, 0.2) is 0 Å². The van der Waals surface area contributed by atoms with Crippen LogP contribution in [0.2, 0.25) is 0 Å². The van der Waals surface area contributed by atoms with Crippen molar-refractivity contribution in [3.05, 3.63) is 17.0 Å². The van der Waals surface area contributed by atoms with Crippen LogP contribution in [-0.2, 0) is 17.6 Å². The molecular formula is C14H19N3O2. The Balaban J connectivity index is 1.97. The van der Waals surface area contributed by atoms with Crippen molar-refractivity contribution in [2.45, 2.75) is 51.5 Å². The summed E-state index contributed by atoms with van der Waals surface area (Å²) in [7, 11) is 0. The number of aromatic nitrogens is 2. The summed E-state index contributed by atoms with van der Waals surface area (Å²) in [5.41, 5.74) is 3.43. The number of carbonyl (C=O) groups is 1. The van der Waals surface area contributed by atoms with E-state index in [1.165, 1.54) is 18.4 Å². The molecule has 19 heavy (non-hydrogen) atoms. The summed E-state index contributed by atoms with van der Waals surface area (Å²) in [5, 5.41) is 9.26. The molecule has 2 heterocycles. The fourth-order valence-corrected chi connectivity index (χ4v) is 3.16. The van der Waals surface area contributed by atoms with Gasteiger partial charge in [0.25, 0.3) is 0 Å². The third-order valence-corrected chi connectivity index (χ3v) is 4.17. The van der Waals surface area contributed by atoms with Gasteiger partial charge in [0.15, 0.2) is 0 Å². The Morgan fingerprint density at radius 1 is 1.26 bits per heavy atom. The van der Waals surface area contributed by atoms with E-state index in [1.54, 1.807) is 0 Å². The number of aliphatic carboxylic acids is 1. The van der Waals surface area contributed by atoms with E-state index < -0.39 is 12.0 Å². The van der Waals surface area contributed by atoms with Crippen molar-refractivity contribution in [2.24, 2.45) is 0 Å². The number of carboxylic acid groups (broad SMARTS) is 1. The molecule has 0 spiro atoms. The first-order chi connectivity index (χ1) is 9.16. The Morgan fingerprint density at radius 2 is 2.05 bits per heavy atom. The van der Waals surface area contributed by atoms with Crippen LogP contribution in [0.1, 0.15) is 42.6 Å². The zero-order valence-corrected chi connectivity index (χ0v) is 11.2. The van der Waals surface area contributed by atoms with Gasteiger partial charge in [-0.3, -0.25) is 0 Å². The molecule has 5 heteroatoms. The van der Waals surface area contributed by atoms with Crippen molar-refractivity contribution in [3.8, 4) is 0 Å². The number of aryl methyl sites for hydroxylation is 2. The predicted octanol–water partition coefficient (Wildman–Crippen LogP) is 1.72. The van der Waals surface area contributed by atoms with Gasteiger partial charge in [0.05, 0.1) is 0 Å². The molecular weight excluding hydrogens is 242 g/mol. The third-order valence-electron chi connectivity index (χ3n) is 4.17. The Bertz CT molecular complexity index is 516. The molecule has 1 saturated heterocycles. The number of nitrogens with zero attached hydrogens (tertiary/aromatic N) is 3. The quantitative estimate of drug-likeness (QED) is 0.878. The van der Waals surface area contributed by atoms with Gasteiger partial charge in [-0.15, -0.1) is 0 Å². The summed E-state index contributed by atoms with van der Waals surface area (Å²) in [6.07, 6.45) is 6.02. The van der Waals surface area contributed by atoms with Gasteiger partial charge in [-0.1, -0.05) is 0 Å². The average Bonchev–Trinajstić information content (AvgIpc) is 2.88. The van der Waals surface area contributed by atoms with Crippen molar-refractivity contribution in [3.63, 3.8) is 0 Å². The van der Waals surface area contributed by atoms with Crippen LogP contribution in [0.25, 0.3) is 0 Å². The largest absolute Gasteiger partial charge is 0.480 e. The highest BCUT2D eigenvalue weighted by Crippen LogP contribution is 2.27. The van der Waals surface area contributed by atoms with Crippen LogP contribution in [-0.4, -0.2) is 33.6 Å². The minimum Gasteiger partial charge on any atom is -0.480 e. The van der Waals surface area contributed by atoms with E-state index in [-0.39, 0.29) is 0 Å². The van der Waals surface area contributed by atoms with Crippen LogP contribution >= 0.6 is 0 Å². The molecule has 5 nitrogen and oxygen atoms in total. The SMILES string of the molecule is Cc1nc(N2CCC[C@H]2C(=O)O)nc2c1CCCC2. The summed E-state index contributed by atoms with van der Waals surface area (Å²) in [4.78, 5) is 22.3. The second kappa shape index (κ2) is 4.79. The Hall–Kier alpha value is -1.65. The van der Waals surface area contributed by atoms with E-state index >= 15 is 0 Å². The number of hydrogen-bond acceptors (Lipinski definition) is 4. The van der Waals surface area contributed by atoms with Crippen molar-refractivity contribution in [1.82, 2.24) is 9.97 Å². The van der Waals surface area contributed by atoms with Crippen LogP contribution in [0, 0.1) is 6.92 Å². The zero-order chi connectivity index (χ0) is 13.4. The van der Waals surface area contributed by atoms with E-state index in [1.807, 2.05) is 11.8 Å². The highest BCUT2D eigenvalue weighted by molar-refractivity contribution is 5.78. The Morgan fingerprint density at radius 3 is 2.84 bits per heavy atom. The van der Waals surface area contributed by atoms with Gasteiger partial charge in [-0.25, -0.2) is 14.8 Å². The summed E-state index contributed by atoms with van der Waals surface area (Å²) in [6.45, 7) is 2.76. The Labute approximate surface area is 112 Å². The minimum absolute atomic E-state index is 0.457. The lowest BCUT2D eigenvalue weighted by molar-refractivity contribution is -0.138. The maximum Gasteiger partial charge on any atom is 0.326 e. The van der Waals surface area contributed by atoms with Crippen molar-refractivity contribution in [2.75, 3.05) is 11.4 Å². The van der Waals surface area contributed by atoms with E-state index in [4.69, 9.17) is 0 Å². The summed E-state index contributed by atoms with van der Waals surface area (Å²) >= 11 is 0. The summed E-state index contributed by atoms with van der Waals surface area (Å²) < 4.78 is 0. The standard InChI is InChI=1S/C14H19N3O2/c1-9-10-5-2-3-6-11(10)16-14(15-9)17-8-4-7-12(17)13(18)19/h12H,2-8H2,1H3,(H,18,19)/t12-/m0/s1. The van der Waals surface area contributed by atoms with Gasteiger partial charge in [0, 0.05) is 17.9 Å². The maximum absolute atomic E-state index is 11.3. The van der Waals surface area contributed by atoms with Crippen molar-refractivity contribution < 1.29 is 9.90 Å². The van der Waals surface area contributed by atoms with Gasteiger partial charge in [0.2, 0.25) is 5.95 Å². The molecule has 0 unspecified atom stereocenters. The molecule has 1 aliphatic carbocycles. The van der Waals surface area contributed by atoms with Crippen LogP contribution in [0.5, 0.6) is 0 Å². The number of hydrogen-bond donors (Lipinski definition) is 1. The third kappa shape index (κ3) is 2.17. The number of carboxylic acids is 1. The Kier molecular flexibility index (Phi) is 3.12. The molecule has 0 bridgehead atoms. The first-order valence-corrected chi connectivity index (χ1v) is 7.02. The van der Waals surface area contributed by atoms with E-state index in [2.05, 4.69) is 9.97 Å². The fourth-order valence-electron chi connectivity index (χ4n) is 3.16. The smallest absolute Gasteiger partial charge is 0.326 e. The molecule has 102 valence electrons. The molecule has 3 rings (SSSR count). The first-order valence-electron chi connectivity index (χ1n) is 7.02. The van der Waals surface area contributed by atoms with Crippen LogP contribution in [0.4, 0.5) is 5.95 Å². The molecule has 1 aliphatic heterocycles. The molecule has 0 saturated carbocycles. The van der Waals surface area contributed by atoms with Gasteiger partial charge < -0.3 is 10.0 Å². The molecule has 0 radical (unpaired) electrons. The second-order valence-electron chi connectivity index (χ2n) is 5.43. The van der Waals surface area contributed by atoms with Gasteiger partial charge >= 0.3 is 5.97 Å². The van der Waals surface area contributed by atoms with Gasteiger partial charge in [0.1, 0.15) is 6.04 Å². The molecule has 0 amide bonds. The lowest BCUT2D eigenvalue weighted by Gasteiger charge is -2.24. The normalized spacial score (nSPS) is 22.4. The lowest BCUT2D eigenvalue weighted by atomic mass is 9.95. The van der Waals surface area contributed by atoms with E-state index in [9.17, 15) is 9.90 Å². The van der Waals surface area contributed by atoms with Gasteiger partial charge in [-0.05, 0) is 51.0 Å². The molecule has 1 aromatic heterocycles. The summed E-state index contributed by atoms with van der Waals surface area (Å²) in [5.74, 6) is -0.153. The number of fused-ring (bicyclic) bond motifs is 1. The zero-order valence-electron chi connectivity index (χ0n) is 11.2. The predicted molar refractivity (Wildman–Crippen MR) is 71.4 cm³/mol. The highest BCUT2D eigenvalue weighted by Gasteiger charge is 2.33. The monoisotopic (exact) mass is 261 g/mol. The lowest BCUT2D eigenvalue weighted by Crippen LogP contribution is -2.37. The molecule has 1 N–H and O–H groups in total.